The van der Waals surface area contributed by atoms with Crippen molar-refractivity contribution >= 4 is 45.9 Å². The zero-order valence-corrected chi connectivity index (χ0v) is 26.3. The lowest BCUT2D eigenvalue weighted by Crippen LogP contribution is -2.33. The highest BCUT2D eigenvalue weighted by Gasteiger charge is 2.43. The van der Waals surface area contributed by atoms with E-state index >= 15 is 0 Å². The molecule has 0 spiro atoms. The maximum Gasteiger partial charge on any atom is 0.425 e. The number of hydrogen-bond acceptors (Lipinski definition) is 7. The minimum absolute atomic E-state index is 0.0443. The molecule has 3 heterocycles. The highest BCUT2D eigenvalue weighted by atomic mass is 32.1. The van der Waals surface area contributed by atoms with Gasteiger partial charge in [-0.25, -0.2) is 9.59 Å². The molecule has 238 valence electrons. The Bertz CT molecular complexity index is 1210. The van der Waals surface area contributed by atoms with Gasteiger partial charge in [0.1, 0.15) is 9.75 Å². The van der Waals surface area contributed by atoms with Crippen molar-refractivity contribution in [2.24, 2.45) is 0 Å². The number of rotatable bonds is 16. The zero-order chi connectivity index (χ0) is 31.6. The fraction of sp³-hybridized carbons (Fsp3) is 0.533. The monoisotopic (exact) mass is 668 g/mol. The summed E-state index contributed by atoms with van der Waals surface area (Å²) in [5, 5.41) is 0. The van der Waals surface area contributed by atoms with Crippen molar-refractivity contribution in [3.8, 4) is 19.5 Å². The van der Waals surface area contributed by atoms with Crippen molar-refractivity contribution in [3.63, 3.8) is 0 Å². The third kappa shape index (κ3) is 10.6. The van der Waals surface area contributed by atoms with E-state index in [4.69, 9.17) is 9.47 Å². The van der Waals surface area contributed by atoms with Gasteiger partial charge >= 0.3 is 24.3 Å². The number of esters is 2. The van der Waals surface area contributed by atoms with Crippen LogP contribution in [0.5, 0.6) is 0 Å². The number of unbranched alkanes of at least 4 members (excludes halogenated alkanes) is 6. The van der Waals surface area contributed by atoms with Crippen LogP contribution in [0, 0.1) is 0 Å². The first-order chi connectivity index (χ1) is 20.3. The number of thiophene rings is 3. The van der Waals surface area contributed by atoms with E-state index in [-0.39, 0.29) is 22.6 Å². The molecule has 13 heteroatoms. The zero-order valence-electron chi connectivity index (χ0n) is 23.8. The van der Waals surface area contributed by atoms with E-state index in [9.17, 15) is 35.9 Å². The normalized spacial score (nSPS) is 13.6. The van der Waals surface area contributed by atoms with Crippen LogP contribution in [0.2, 0.25) is 0 Å². The summed E-state index contributed by atoms with van der Waals surface area (Å²) in [4.78, 5) is 27.9. The average Bonchev–Trinajstić information content (AvgIpc) is 3.71. The topological polar surface area (TPSA) is 52.6 Å². The number of halogens is 6. The number of ether oxygens (including phenoxy) is 2. The first-order valence-corrected chi connectivity index (χ1v) is 16.6. The van der Waals surface area contributed by atoms with Crippen molar-refractivity contribution in [2.75, 3.05) is 0 Å². The largest absolute Gasteiger partial charge is 0.449 e. The van der Waals surface area contributed by atoms with E-state index < -0.39 is 36.5 Å². The van der Waals surface area contributed by atoms with Crippen molar-refractivity contribution in [3.05, 3.63) is 46.2 Å². The molecular weight excluding hydrogens is 635 g/mol. The summed E-state index contributed by atoms with van der Waals surface area (Å²) < 4.78 is 90.3. The van der Waals surface area contributed by atoms with Crippen LogP contribution in [0.4, 0.5) is 26.3 Å². The molecule has 0 N–H and O–H groups in total. The van der Waals surface area contributed by atoms with E-state index in [0.29, 0.717) is 35.4 Å². The van der Waals surface area contributed by atoms with Crippen LogP contribution in [0.15, 0.2) is 36.4 Å². The first kappa shape index (κ1) is 35.1. The molecule has 0 fully saturated rings. The first-order valence-electron chi connectivity index (χ1n) is 14.2. The van der Waals surface area contributed by atoms with E-state index in [1.807, 2.05) is 13.8 Å². The minimum Gasteiger partial charge on any atom is -0.449 e. The van der Waals surface area contributed by atoms with Crippen molar-refractivity contribution in [1.82, 2.24) is 0 Å². The molecule has 3 rings (SSSR count). The van der Waals surface area contributed by atoms with E-state index in [2.05, 4.69) is 0 Å². The molecule has 2 atom stereocenters. The van der Waals surface area contributed by atoms with Crippen LogP contribution in [0.25, 0.3) is 19.5 Å². The second-order valence-electron chi connectivity index (χ2n) is 10.1. The van der Waals surface area contributed by atoms with Gasteiger partial charge in [0.25, 0.3) is 0 Å². The Morgan fingerprint density at radius 2 is 0.930 bits per heavy atom. The fourth-order valence-electron chi connectivity index (χ4n) is 4.23. The van der Waals surface area contributed by atoms with Crippen molar-refractivity contribution in [1.29, 1.82) is 0 Å². The van der Waals surface area contributed by atoms with Gasteiger partial charge in [-0.1, -0.05) is 52.4 Å². The molecule has 0 unspecified atom stereocenters. The molecule has 0 saturated heterocycles. The molecular formula is C30H34F6O4S3. The SMILES string of the molecule is CCCCCC[C@H](OC(=O)c1ccc(-c2ccc(-c3ccc(C(=O)O[C@@H](CCCCCC)C(F)(F)F)s3)s2)s1)C(F)(F)F. The summed E-state index contributed by atoms with van der Waals surface area (Å²) in [6.07, 6.45) is -8.96. The van der Waals surface area contributed by atoms with Crippen LogP contribution in [-0.2, 0) is 9.47 Å². The lowest BCUT2D eigenvalue weighted by molar-refractivity contribution is -0.206. The Morgan fingerprint density at radius 3 is 1.28 bits per heavy atom. The maximum absolute atomic E-state index is 13.4. The molecule has 0 aliphatic rings. The molecule has 0 bridgehead atoms. The van der Waals surface area contributed by atoms with Crippen LogP contribution in [0.1, 0.15) is 97.4 Å². The number of carbonyl (C=O) groups excluding carboxylic acids is 2. The second kappa shape index (κ2) is 16.1. The van der Waals surface area contributed by atoms with E-state index in [1.54, 1.807) is 24.3 Å². The average molecular weight is 669 g/mol. The van der Waals surface area contributed by atoms with Crippen LogP contribution >= 0.6 is 34.0 Å². The lowest BCUT2D eigenvalue weighted by Gasteiger charge is -2.20. The molecule has 0 amide bonds. The molecule has 0 aliphatic heterocycles. The van der Waals surface area contributed by atoms with E-state index in [0.717, 1.165) is 58.1 Å². The highest BCUT2D eigenvalue weighted by molar-refractivity contribution is 7.27. The van der Waals surface area contributed by atoms with Gasteiger partial charge in [-0.2, -0.15) is 26.3 Å². The molecule has 0 aromatic carbocycles. The summed E-state index contributed by atoms with van der Waals surface area (Å²) in [6.45, 7) is 3.90. The standard InChI is InChI=1S/C30H34F6O4S3/c1-3-5-7-9-11-25(29(31,32)33)39-27(37)23-17-15-21(42-23)19-13-14-20(41-19)22-16-18-24(43-22)28(38)40-26(30(34,35)36)12-10-8-6-4-2/h13-18,25-26H,3-12H2,1-2H3/t25-,26-/m0/s1. The Balaban J connectivity index is 1.64. The fourth-order valence-corrected chi connectivity index (χ4v) is 7.19. The Hall–Kier alpha value is -2.38. The maximum atomic E-state index is 13.4. The van der Waals surface area contributed by atoms with Crippen molar-refractivity contribution < 1.29 is 45.4 Å². The van der Waals surface area contributed by atoms with Gasteiger partial charge < -0.3 is 9.47 Å². The predicted molar refractivity (Wildman–Crippen MR) is 159 cm³/mol. The minimum atomic E-state index is -4.65. The van der Waals surface area contributed by atoms with Gasteiger partial charge in [0.2, 0.25) is 0 Å². The van der Waals surface area contributed by atoms with Crippen LogP contribution < -0.4 is 0 Å². The molecule has 3 aromatic heterocycles. The Labute approximate surface area is 259 Å². The summed E-state index contributed by atoms with van der Waals surface area (Å²) in [6, 6.07) is 9.61. The molecule has 4 nitrogen and oxygen atoms in total. The number of alkyl halides is 6. The Morgan fingerprint density at radius 1 is 0.581 bits per heavy atom. The quantitative estimate of drug-likeness (QED) is 0.0866. The summed E-state index contributed by atoms with van der Waals surface area (Å²) >= 11 is 3.33. The van der Waals surface area contributed by atoms with Gasteiger partial charge in [0.15, 0.2) is 12.2 Å². The predicted octanol–water partition coefficient (Wildman–Crippen LogP) is 11.3. The highest BCUT2D eigenvalue weighted by Crippen LogP contribution is 2.41. The molecule has 0 saturated carbocycles. The molecule has 0 aliphatic carbocycles. The lowest BCUT2D eigenvalue weighted by atomic mass is 10.1. The third-order valence-corrected chi connectivity index (χ3v) is 10.2. The molecule has 3 aromatic rings. The van der Waals surface area contributed by atoms with Gasteiger partial charge in [-0.3, -0.25) is 0 Å². The second-order valence-corrected chi connectivity index (χ2v) is 13.3. The van der Waals surface area contributed by atoms with Crippen molar-refractivity contribution in [2.45, 2.75) is 103 Å². The number of carbonyl (C=O) groups is 2. The smallest absolute Gasteiger partial charge is 0.425 e. The molecule has 43 heavy (non-hydrogen) atoms. The molecule has 0 radical (unpaired) electrons. The van der Waals surface area contributed by atoms with E-state index in [1.165, 1.54) is 23.5 Å². The number of hydrogen-bond donors (Lipinski definition) is 0. The summed E-state index contributed by atoms with van der Waals surface area (Å²) in [5.74, 6) is -2.07. The van der Waals surface area contributed by atoms with Gasteiger partial charge in [0, 0.05) is 19.5 Å². The summed E-state index contributed by atoms with van der Waals surface area (Å²) in [5.41, 5.74) is 0. The van der Waals surface area contributed by atoms with Gasteiger partial charge in [-0.05, 0) is 62.1 Å². The van der Waals surface area contributed by atoms with Gasteiger partial charge in [0.05, 0.1) is 0 Å². The van der Waals surface area contributed by atoms with Crippen LogP contribution in [-0.4, -0.2) is 36.5 Å². The third-order valence-electron chi connectivity index (χ3n) is 6.57. The Kier molecular flexibility index (Phi) is 13.1. The van der Waals surface area contributed by atoms with Gasteiger partial charge in [-0.15, -0.1) is 34.0 Å². The summed E-state index contributed by atoms with van der Waals surface area (Å²) in [7, 11) is 0. The van der Waals surface area contributed by atoms with Crippen LogP contribution in [0.3, 0.4) is 0 Å².